The van der Waals surface area contributed by atoms with Crippen molar-refractivity contribution in [3.63, 3.8) is 0 Å². The summed E-state index contributed by atoms with van der Waals surface area (Å²) in [4.78, 5) is 0. The molecule has 1 aromatic carbocycles. The van der Waals surface area contributed by atoms with Crippen LogP contribution in [0.25, 0.3) is 11.4 Å². The molecule has 0 atom stereocenters. The van der Waals surface area contributed by atoms with Crippen molar-refractivity contribution >= 4 is 11.6 Å². The molecule has 0 aliphatic heterocycles. The molecule has 0 saturated heterocycles. The third-order valence-corrected chi connectivity index (χ3v) is 2.49. The topological polar surface area (TPSA) is 84.1 Å². The second-order valence-electron chi connectivity index (χ2n) is 3.46. The highest BCUT2D eigenvalue weighted by atomic mass is 35.5. The molecule has 17 heavy (non-hydrogen) atoms. The maximum Gasteiger partial charge on any atom is 0.185 e. The summed E-state index contributed by atoms with van der Waals surface area (Å²) in [6.45, 7) is 0.533. The Bertz CT molecular complexity index is 515. The van der Waals surface area contributed by atoms with E-state index in [4.69, 9.17) is 16.7 Å². The van der Waals surface area contributed by atoms with Crippen LogP contribution < -0.4 is 0 Å². The number of hydrogen-bond donors (Lipinski definition) is 2. The molecular formula is C10H11ClN4O2. The fourth-order valence-electron chi connectivity index (χ4n) is 1.46. The van der Waals surface area contributed by atoms with Crippen molar-refractivity contribution in [2.45, 2.75) is 13.0 Å². The molecule has 0 bridgehead atoms. The number of tetrazole rings is 1. The van der Waals surface area contributed by atoms with Gasteiger partial charge in [-0.25, -0.2) is 4.68 Å². The molecule has 2 aromatic rings. The van der Waals surface area contributed by atoms with Crippen LogP contribution in [0.15, 0.2) is 18.2 Å². The monoisotopic (exact) mass is 254 g/mol. The number of aryl methyl sites for hydroxylation is 1. The van der Waals surface area contributed by atoms with Gasteiger partial charge in [-0.15, -0.1) is 5.10 Å². The first-order valence-electron chi connectivity index (χ1n) is 5.08. The van der Waals surface area contributed by atoms with Gasteiger partial charge in [0.25, 0.3) is 0 Å². The van der Waals surface area contributed by atoms with Crippen molar-refractivity contribution in [3.8, 4) is 17.1 Å². The van der Waals surface area contributed by atoms with Gasteiger partial charge >= 0.3 is 0 Å². The minimum atomic E-state index is 0.0564. The molecule has 0 spiro atoms. The summed E-state index contributed by atoms with van der Waals surface area (Å²) in [5, 5.41) is 30.2. The lowest BCUT2D eigenvalue weighted by Gasteiger charge is -2.05. The van der Waals surface area contributed by atoms with Crippen LogP contribution in [0.5, 0.6) is 5.75 Å². The molecule has 0 aliphatic carbocycles. The van der Waals surface area contributed by atoms with Gasteiger partial charge in [0, 0.05) is 18.2 Å². The van der Waals surface area contributed by atoms with Crippen LogP contribution in [-0.2, 0) is 6.54 Å². The molecule has 0 saturated carbocycles. The summed E-state index contributed by atoms with van der Waals surface area (Å²) in [5.41, 5.74) is 0.473. The van der Waals surface area contributed by atoms with E-state index in [1.54, 1.807) is 12.1 Å². The normalized spacial score (nSPS) is 10.7. The average molecular weight is 255 g/mol. The molecular weight excluding hydrogens is 244 g/mol. The Morgan fingerprint density at radius 1 is 1.35 bits per heavy atom. The van der Waals surface area contributed by atoms with Gasteiger partial charge in [0.1, 0.15) is 5.75 Å². The number of halogens is 1. The quantitative estimate of drug-likeness (QED) is 0.853. The van der Waals surface area contributed by atoms with Crippen LogP contribution in [0.2, 0.25) is 5.02 Å². The fraction of sp³-hybridized carbons (Fsp3) is 0.300. The van der Waals surface area contributed by atoms with Gasteiger partial charge in [0.15, 0.2) is 5.82 Å². The molecule has 0 aliphatic rings. The number of hydrogen-bond acceptors (Lipinski definition) is 5. The molecule has 2 N–H and O–H groups in total. The standard InChI is InChI=1S/C10H11ClN4O2/c11-7-2-3-9(17)8(6-7)10-12-13-14-15(10)4-1-5-16/h2-3,6,16-17H,1,4-5H2. The van der Waals surface area contributed by atoms with E-state index in [2.05, 4.69) is 15.5 Å². The first-order valence-corrected chi connectivity index (χ1v) is 5.46. The highest BCUT2D eigenvalue weighted by Gasteiger charge is 2.13. The average Bonchev–Trinajstić information content (AvgIpc) is 2.77. The largest absolute Gasteiger partial charge is 0.507 e. The summed E-state index contributed by atoms with van der Waals surface area (Å²) in [6, 6.07) is 4.67. The molecule has 0 unspecified atom stereocenters. The van der Waals surface area contributed by atoms with Crippen LogP contribution >= 0.6 is 11.6 Å². The maximum absolute atomic E-state index is 9.74. The third-order valence-electron chi connectivity index (χ3n) is 2.26. The maximum atomic E-state index is 9.74. The van der Waals surface area contributed by atoms with Crippen LogP contribution in [-0.4, -0.2) is 37.0 Å². The van der Waals surface area contributed by atoms with Gasteiger partial charge in [0.2, 0.25) is 0 Å². The van der Waals surface area contributed by atoms with E-state index < -0.39 is 0 Å². The number of aliphatic hydroxyl groups is 1. The first kappa shape index (κ1) is 11.8. The molecule has 0 fully saturated rings. The fourth-order valence-corrected chi connectivity index (χ4v) is 1.63. The summed E-state index contributed by atoms with van der Waals surface area (Å²) in [5.74, 6) is 0.493. The number of aliphatic hydroxyl groups excluding tert-OH is 1. The van der Waals surface area contributed by atoms with Crippen molar-refractivity contribution in [2.24, 2.45) is 0 Å². The van der Waals surface area contributed by atoms with Gasteiger partial charge in [-0.3, -0.25) is 0 Å². The van der Waals surface area contributed by atoms with Crippen molar-refractivity contribution in [1.29, 1.82) is 0 Å². The number of aromatic hydroxyl groups is 1. The summed E-state index contributed by atoms with van der Waals surface area (Å²) >= 11 is 5.86. The molecule has 90 valence electrons. The van der Waals surface area contributed by atoms with E-state index >= 15 is 0 Å². The van der Waals surface area contributed by atoms with Gasteiger partial charge < -0.3 is 10.2 Å². The summed E-state index contributed by atoms with van der Waals surface area (Å²) in [6.07, 6.45) is 0.541. The highest BCUT2D eigenvalue weighted by molar-refractivity contribution is 6.30. The number of nitrogens with zero attached hydrogens (tertiary/aromatic N) is 4. The zero-order chi connectivity index (χ0) is 12.3. The number of rotatable bonds is 4. The van der Waals surface area contributed by atoms with E-state index in [1.807, 2.05) is 0 Å². The summed E-state index contributed by atoms with van der Waals surface area (Å²) in [7, 11) is 0. The third kappa shape index (κ3) is 2.54. The van der Waals surface area contributed by atoms with E-state index in [9.17, 15) is 5.11 Å². The zero-order valence-corrected chi connectivity index (χ0v) is 9.67. The number of phenols is 1. The van der Waals surface area contributed by atoms with Crippen molar-refractivity contribution < 1.29 is 10.2 Å². The second kappa shape index (κ2) is 5.11. The Morgan fingerprint density at radius 3 is 2.94 bits per heavy atom. The minimum absolute atomic E-state index is 0.0564. The van der Waals surface area contributed by atoms with Crippen LogP contribution in [0.3, 0.4) is 0 Å². The number of aromatic nitrogens is 4. The van der Waals surface area contributed by atoms with Crippen molar-refractivity contribution in [2.75, 3.05) is 6.61 Å². The second-order valence-corrected chi connectivity index (χ2v) is 3.90. The number of benzene rings is 1. The van der Waals surface area contributed by atoms with Gasteiger partial charge in [-0.2, -0.15) is 0 Å². The SMILES string of the molecule is OCCCn1nnnc1-c1cc(Cl)ccc1O. The lowest BCUT2D eigenvalue weighted by atomic mass is 10.2. The molecule has 1 aromatic heterocycles. The smallest absolute Gasteiger partial charge is 0.185 e. The molecule has 7 heteroatoms. The Hall–Kier alpha value is -1.66. The molecule has 1 heterocycles. The molecule has 0 amide bonds. The van der Waals surface area contributed by atoms with Crippen molar-refractivity contribution in [1.82, 2.24) is 20.2 Å². The molecule has 0 radical (unpaired) electrons. The van der Waals surface area contributed by atoms with Gasteiger partial charge in [-0.05, 0) is 35.0 Å². The Morgan fingerprint density at radius 2 is 2.18 bits per heavy atom. The van der Waals surface area contributed by atoms with E-state index in [-0.39, 0.29) is 12.4 Å². The minimum Gasteiger partial charge on any atom is -0.507 e. The predicted molar refractivity (Wildman–Crippen MR) is 61.6 cm³/mol. The Kier molecular flexibility index (Phi) is 3.55. The van der Waals surface area contributed by atoms with E-state index in [1.165, 1.54) is 10.7 Å². The zero-order valence-electron chi connectivity index (χ0n) is 8.91. The van der Waals surface area contributed by atoms with Crippen LogP contribution in [0.1, 0.15) is 6.42 Å². The van der Waals surface area contributed by atoms with Crippen LogP contribution in [0, 0.1) is 0 Å². The molecule has 6 nitrogen and oxygen atoms in total. The van der Waals surface area contributed by atoms with Crippen molar-refractivity contribution in [3.05, 3.63) is 23.2 Å². The lowest BCUT2D eigenvalue weighted by molar-refractivity contribution is 0.276. The summed E-state index contributed by atoms with van der Waals surface area (Å²) < 4.78 is 1.52. The number of phenolic OH excluding ortho intramolecular Hbond substituents is 1. The van der Waals surface area contributed by atoms with Gasteiger partial charge in [-0.1, -0.05) is 11.6 Å². The van der Waals surface area contributed by atoms with Crippen LogP contribution in [0.4, 0.5) is 0 Å². The first-order chi connectivity index (χ1) is 8.22. The highest BCUT2D eigenvalue weighted by Crippen LogP contribution is 2.29. The molecule has 2 rings (SSSR count). The van der Waals surface area contributed by atoms with E-state index in [0.717, 1.165) is 0 Å². The predicted octanol–water partition coefficient (Wildman–Crippen LogP) is 1.08. The lowest BCUT2D eigenvalue weighted by Crippen LogP contribution is -2.04. The van der Waals surface area contributed by atoms with Gasteiger partial charge in [0.05, 0.1) is 5.56 Å². The Balaban J connectivity index is 2.38. The van der Waals surface area contributed by atoms with E-state index in [0.29, 0.717) is 29.4 Å². The Labute approximate surface area is 102 Å².